The molecular formula is C44H43N5O6S3. The molecule has 1 fully saturated rings. The number of aryl methyl sites for hydroxylation is 2. The van der Waals surface area contributed by atoms with E-state index in [0.717, 1.165) is 61.9 Å². The summed E-state index contributed by atoms with van der Waals surface area (Å²) in [5.74, 6) is 1.82. The van der Waals surface area contributed by atoms with Crippen molar-refractivity contribution in [1.29, 1.82) is 0 Å². The third-order valence-corrected chi connectivity index (χ3v) is 13.2. The number of nitrogens with zero attached hydrogens (tertiary/aromatic N) is 3. The van der Waals surface area contributed by atoms with E-state index < -0.39 is 14.6 Å². The molecule has 0 bridgehead atoms. The first kappa shape index (κ1) is 41.9. The molecule has 1 aliphatic rings. The van der Waals surface area contributed by atoms with E-state index in [2.05, 4.69) is 39.3 Å². The zero-order chi connectivity index (χ0) is 41.8. The van der Waals surface area contributed by atoms with E-state index in [1.807, 2.05) is 61.8 Å². The molecule has 4 aromatic carbocycles. The molecule has 1 aliphatic heterocycles. The van der Waals surface area contributed by atoms with E-state index in [0.29, 0.717) is 45.9 Å². The number of aromatic nitrogens is 2. The summed E-state index contributed by atoms with van der Waals surface area (Å²) < 4.78 is 39.0. The molecule has 2 N–H and O–H groups in total. The van der Waals surface area contributed by atoms with Crippen molar-refractivity contribution < 1.29 is 27.5 Å². The highest BCUT2D eigenvalue weighted by Gasteiger charge is 2.34. The lowest BCUT2D eigenvalue weighted by atomic mass is 10.1. The summed E-state index contributed by atoms with van der Waals surface area (Å²) in [5.41, 5.74) is 8.23. The third-order valence-electron chi connectivity index (χ3n) is 9.11. The van der Waals surface area contributed by atoms with Crippen molar-refractivity contribution in [2.24, 2.45) is 5.92 Å². The minimum Gasteiger partial charge on any atom is -0.492 e. The zero-order valence-corrected chi connectivity index (χ0v) is 35.6. The molecule has 2 aromatic heterocycles. The number of thioether (sulfide) groups is 1. The first-order valence-electron chi connectivity index (χ1n) is 18.4. The molecule has 14 heteroatoms. The second-order valence-electron chi connectivity index (χ2n) is 15.0. The topological polar surface area (TPSA) is 141 Å². The molecule has 0 spiro atoms. The van der Waals surface area contributed by atoms with Crippen LogP contribution in [0, 0.1) is 26.3 Å². The third kappa shape index (κ3) is 9.67. The number of thiazole rings is 1. The summed E-state index contributed by atoms with van der Waals surface area (Å²) in [5, 5.41) is 6.01. The molecule has 0 atom stereocenters. The number of benzene rings is 4. The van der Waals surface area contributed by atoms with Crippen LogP contribution in [0.15, 0.2) is 94.3 Å². The lowest BCUT2D eigenvalue weighted by molar-refractivity contribution is -0.115. The number of imide groups is 1. The highest BCUT2D eigenvalue weighted by Crippen LogP contribution is 2.38. The van der Waals surface area contributed by atoms with Gasteiger partial charge in [-0.15, -0.1) is 11.3 Å². The van der Waals surface area contributed by atoms with Gasteiger partial charge in [0.1, 0.15) is 22.1 Å². The van der Waals surface area contributed by atoms with Gasteiger partial charge in [-0.05, 0) is 136 Å². The van der Waals surface area contributed by atoms with E-state index >= 15 is 0 Å². The van der Waals surface area contributed by atoms with E-state index in [-0.39, 0.29) is 16.0 Å². The largest absolute Gasteiger partial charge is 0.492 e. The Hall–Kier alpha value is -5.75. The van der Waals surface area contributed by atoms with Gasteiger partial charge >= 0.3 is 0 Å². The van der Waals surface area contributed by atoms with Crippen LogP contribution in [0.25, 0.3) is 32.0 Å². The van der Waals surface area contributed by atoms with Crippen LogP contribution in [-0.4, -0.2) is 40.9 Å². The van der Waals surface area contributed by atoms with Crippen molar-refractivity contribution in [3.63, 3.8) is 0 Å². The van der Waals surface area contributed by atoms with Crippen LogP contribution in [0.4, 0.5) is 21.9 Å². The number of rotatable bonds is 10. The van der Waals surface area contributed by atoms with Gasteiger partial charge in [0.15, 0.2) is 15.5 Å². The number of fused-ring (bicyclic) bond motifs is 2. The maximum absolute atomic E-state index is 13.5. The van der Waals surface area contributed by atoms with Gasteiger partial charge in [0, 0.05) is 29.0 Å². The highest BCUT2D eigenvalue weighted by atomic mass is 32.2. The van der Waals surface area contributed by atoms with E-state index in [1.165, 1.54) is 0 Å². The molecule has 1 saturated heterocycles. The predicted octanol–water partition coefficient (Wildman–Crippen LogP) is 11.6. The maximum atomic E-state index is 13.5. The highest BCUT2D eigenvalue weighted by molar-refractivity contribution is 8.18. The molecule has 0 unspecified atom stereocenters. The summed E-state index contributed by atoms with van der Waals surface area (Å²) in [4.78, 5) is 35.6. The monoisotopic (exact) mass is 833 g/mol. The van der Waals surface area contributed by atoms with Crippen molar-refractivity contribution in [2.75, 3.05) is 11.9 Å². The average Bonchev–Trinajstić information content (AvgIpc) is 3.77. The summed E-state index contributed by atoms with van der Waals surface area (Å²) in [7, 11) is -3.65. The molecule has 2 amide bonds. The SMILES string of the molecule is CC(C)CCOc1cc2nccc(Nc3ccc4scnc4c3)c2cc1S(=O)(=O)C(C)(C)C.[C-]#[N+]c1ccc(Oc2ccc(/C=C3\SC(=O)NC3=O)cc2C)c(C)c1. The van der Waals surface area contributed by atoms with E-state index in [1.54, 1.807) is 74.7 Å². The second kappa shape index (κ2) is 17.4. The Morgan fingerprint density at radius 1 is 0.914 bits per heavy atom. The first-order chi connectivity index (χ1) is 27.5. The molecule has 0 saturated carbocycles. The van der Waals surface area contributed by atoms with Gasteiger partial charge < -0.3 is 14.8 Å². The Bertz CT molecular complexity index is 2730. The molecule has 7 rings (SSSR count). The molecule has 0 aliphatic carbocycles. The number of carbonyl (C=O) groups is 2. The van der Waals surface area contributed by atoms with Crippen LogP contribution in [0.3, 0.4) is 0 Å². The van der Waals surface area contributed by atoms with Gasteiger partial charge in [-0.3, -0.25) is 19.9 Å². The Morgan fingerprint density at radius 2 is 1.66 bits per heavy atom. The molecular weight excluding hydrogens is 791 g/mol. The zero-order valence-electron chi connectivity index (χ0n) is 33.2. The Kier molecular flexibility index (Phi) is 12.6. The van der Waals surface area contributed by atoms with Gasteiger partial charge in [0.25, 0.3) is 11.1 Å². The van der Waals surface area contributed by atoms with Crippen LogP contribution in [0.2, 0.25) is 0 Å². The van der Waals surface area contributed by atoms with Crippen LogP contribution in [0.5, 0.6) is 17.2 Å². The summed E-state index contributed by atoms with van der Waals surface area (Å²) in [6.45, 7) is 20.6. The van der Waals surface area contributed by atoms with Gasteiger partial charge in [0.05, 0.1) is 44.1 Å². The molecule has 6 aromatic rings. The standard InChI is InChI=1S/C25H29N3O3S2.C19H14N2O3S/c1-16(2)9-11-31-22-14-20-18(13-24(22)33(29,30)25(3,4)5)19(8-10-26-20)28-17-6-7-23-21(12-17)27-15-32-23;1-11-8-13(10-17-18(22)21-19(23)25-17)4-6-15(11)24-16-7-5-14(20-3)9-12(16)2/h6-8,10,12-16H,9,11H2,1-5H3,(H,26,28);4-10H,1-2H3,(H,21,22,23)/b;17-10-. The van der Waals surface area contributed by atoms with Gasteiger partial charge in [-0.25, -0.2) is 18.2 Å². The lowest BCUT2D eigenvalue weighted by Crippen LogP contribution is -2.28. The van der Waals surface area contributed by atoms with Gasteiger partial charge in [-0.1, -0.05) is 26.0 Å². The van der Waals surface area contributed by atoms with E-state index in [4.69, 9.17) is 16.0 Å². The van der Waals surface area contributed by atoms with Crippen molar-refractivity contribution in [1.82, 2.24) is 15.3 Å². The van der Waals surface area contributed by atoms with Crippen LogP contribution >= 0.6 is 23.1 Å². The number of sulfone groups is 1. The fraction of sp³-hybridized carbons (Fsp3) is 0.250. The normalized spacial score (nSPS) is 13.7. The lowest BCUT2D eigenvalue weighted by Gasteiger charge is -2.22. The Labute approximate surface area is 346 Å². The molecule has 3 heterocycles. The number of nitrogens with one attached hydrogen (secondary N) is 2. The number of ether oxygens (including phenoxy) is 2. The first-order valence-corrected chi connectivity index (χ1v) is 21.6. The van der Waals surface area contributed by atoms with Crippen LogP contribution in [-0.2, 0) is 14.6 Å². The van der Waals surface area contributed by atoms with Gasteiger partial charge in [0.2, 0.25) is 0 Å². The number of pyridine rings is 1. The quantitative estimate of drug-likeness (QED) is 0.101. The fourth-order valence-electron chi connectivity index (χ4n) is 5.80. The number of anilines is 2. The average molecular weight is 834 g/mol. The molecule has 58 heavy (non-hydrogen) atoms. The minimum atomic E-state index is -3.65. The van der Waals surface area contributed by atoms with Crippen molar-refractivity contribution in [3.8, 4) is 17.2 Å². The van der Waals surface area contributed by atoms with Gasteiger partial charge in [-0.2, -0.15) is 0 Å². The summed E-state index contributed by atoms with van der Waals surface area (Å²) >= 11 is 2.48. The molecule has 11 nitrogen and oxygen atoms in total. The Balaban J connectivity index is 0.000000203. The van der Waals surface area contributed by atoms with Crippen molar-refractivity contribution in [3.05, 3.63) is 118 Å². The summed E-state index contributed by atoms with van der Waals surface area (Å²) in [6.07, 6.45) is 4.22. The minimum absolute atomic E-state index is 0.192. The molecule has 298 valence electrons. The smallest absolute Gasteiger partial charge is 0.290 e. The summed E-state index contributed by atoms with van der Waals surface area (Å²) in [6, 6.07) is 22.1. The predicted molar refractivity (Wildman–Crippen MR) is 234 cm³/mol. The Morgan fingerprint density at radius 3 is 2.31 bits per heavy atom. The van der Waals surface area contributed by atoms with E-state index in [9.17, 15) is 18.0 Å². The number of amides is 2. The van der Waals surface area contributed by atoms with Crippen LogP contribution < -0.4 is 20.1 Å². The number of hydrogen-bond donors (Lipinski definition) is 2. The molecule has 0 radical (unpaired) electrons. The van der Waals surface area contributed by atoms with Crippen molar-refractivity contribution in [2.45, 2.75) is 64.5 Å². The fourth-order valence-corrected chi connectivity index (χ4v) is 8.45. The number of carbonyl (C=O) groups excluding carboxylic acids is 2. The van der Waals surface area contributed by atoms with Crippen LogP contribution in [0.1, 0.15) is 57.7 Å². The second-order valence-corrected chi connectivity index (χ2v) is 19.6. The number of hydrogen-bond acceptors (Lipinski definition) is 11. The maximum Gasteiger partial charge on any atom is 0.290 e. The van der Waals surface area contributed by atoms with Crippen molar-refractivity contribution >= 4 is 88.3 Å².